The van der Waals surface area contributed by atoms with Crippen molar-refractivity contribution in [3.8, 4) is 0 Å². The van der Waals surface area contributed by atoms with Crippen LogP contribution < -0.4 is 5.32 Å². The van der Waals surface area contributed by atoms with Gasteiger partial charge in [0.05, 0.1) is 6.10 Å². The fourth-order valence-corrected chi connectivity index (χ4v) is 2.08. The molecule has 2 N–H and O–H groups in total. The van der Waals surface area contributed by atoms with Crippen molar-refractivity contribution in [2.24, 2.45) is 5.41 Å². The van der Waals surface area contributed by atoms with Gasteiger partial charge in [-0.1, -0.05) is 26.0 Å². The second-order valence-corrected chi connectivity index (χ2v) is 5.14. The standard InChI is InChI=1S/C13H19NO/c1-9-5-4-6-10(7-9)14-11-8-12(15)13(11,2)3/h4-7,11-12,14-15H,8H2,1-3H3. The lowest BCUT2D eigenvalue weighted by molar-refractivity contribution is -0.0510. The first-order valence-electron chi connectivity index (χ1n) is 5.51. The molecule has 0 spiro atoms. The van der Waals surface area contributed by atoms with Gasteiger partial charge in [0.15, 0.2) is 0 Å². The third kappa shape index (κ3) is 1.86. The molecule has 2 unspecified atom stereocenters. The van der Waals surface area contributed by atoms with Crippen LogP contribution in [0.4, 0.5) is 5.69 Å². The summed E-state index contributed by atoms with van der Waals surface area (Å²) in [6.45, 7) is 6.30. The van der Waals surface area contributed by atoms with E-state index in [1.54, 1.807) is 0 Å². The van der Waals surface area contributed by atoms with Crippen LogP contribution in [-0.4, -0.2) is 17.3 Å². The summed E-state index contributed by atoms with van der Waals surface area (Å²) < 4.78 is 0. The fourth-order valence-electron chi connectivity index (χ4n) is 2.08. The minimum atomic E-state index is -0.167. The monoisotopic (exact) mass is 205 g/mol. The molecule has 0 bridgehead atoms. The van der Waals surface area contributed by atoms with Crippen LogP contribution in [0, 0.1) is 12.3 Å². The summed E-state index contributed by atoms with van der Waals surface area (Å²) in [4.78, 5) is 0. The largest absolute Gasteiger partial charge is 0.392 e. The lowest BCUT2D eigenvalue weighted by Crippen LogP contribution is -2.56. The highest BCUT2D eigenvalue weighted by Crippen LogP contribution is 2.42. The smallest absolute Gasteiger partial charge is 0.0630 e. The van der Waals surface area contributed by atoms with Gasteiger partial charge in [0.25, 0.3) is 0 Å². The third-order valence-electron chi connectivity index (χ3n) is 3.57. The molecular formula is C13H19NO. The van der Waals surface area contributed by atoms with Gasteiger partial charge < -0.3 is 10.4 Å². The highest BCUT2D eigenvalue weighted by Gasteiger charge is 2.47. The molecule has 0 saturated heterocycles. The molecule has 2 rings (SSSR count). The van der Waals surface area contributed by atoms with Crippen molar-refractivity contribution in [1.82, 2.24) is 0 Å². The molecule has 0 aliphatic heterocycles. The highest BCUT2D eigenvalue weighted by atomic mass is 16.3. The maximum absolute atomic E-state index is 9.64. The van der Waals surface area contributed by atoms with Crippen molar-refractivity contribution in [1.29, 1.82) is 0 Å². The number of aliphatic hydroxyl groups is 1. The minimum Gasteiger partial charge on any atom is -0.392 e. The van der Waals surface area contributed by atoms with Gasteiger partial charge in [-0.05, 0) is 31.0 Å². The van der Waals surface area contributed by atoms with Crippen LogP contribution in [0.5, 0.6) is 0 Å². The average molecular weight is 205 g/mol. The topological polar surface area (TPSA) is 32.3 Å². The van der Waals surface area contributed by atoms with Gasteiger partial charge in [-0.2, -0.15) is 0 Å². The lowest BCUT2D eigenvalue weighted by atomic mass is 9.64. The molecule has 0 amide bonds. The zero-order chi connectivity index (χ0) is 11.1. The van der Waals surface area contributed by atoms with Crippen molar-refractivity contribution < 1.29 is 5.11 Å². The van der Waals surface area contributed by atoms with Gasteiger partial charge >= 0.3 is 0 Å². The molecule has 1 aromatic rings. The molecule has 2 nitrogen and oxygen atoms in total. The van der Waals surface area contributed by atoms with Crippen molar-refractivity contribution in [3.63, 3.8) is 0 Å². The molecule has 0 aromatic heterocycles. The predicted octanol–water partition coefficient (Wildman–Crippen LogP) is 2.57. The maximum atomic E-state index is 9.64. The van der Waals surface area contributed by atoms with Crippen LogP contribution in [0.15, 0.2) is 24.3 Å². The first-order chi connectivity index (χ1) is 7.00. The van der Waals surface area contributed by atoms with E-state index in [4.69, 9.17) is 0 Å². The van der Waals surface area contributed by atoms with Crippen molar-refractivity contribution >= 4 is 5.69 Å². The molecule has 1 aliphatic carbocycles. The normalized spacial score (nSPS) is 28.3. The summed E-state index contributed by atoms with van der Waals surface area (Å²) in [6, 6.07) is 8.74. The fraction of sp³-hybridized carbons (Fsp3) is 0.538. The number of rotatable bonds is 2. The van der Waals surface area contributed by atoms with E-state index in [-0.39, 0.29) is 11.5 Å². The van der Waals surface area contributed by atoms with Gasteiger partial charge in [-0.25, -0.2) is 0 Å². The number of anilines is 1. The first kappa shape index (κ1) is 10.5. The van der Waals surface area contributed by atoms with Crippen LogP contribution in [-0.2, 0) is 0 Å². The van der Waals surface area contributed by atoms with E-state index in [1.165, 1.54) is 5.56 Å². The summed E-state index contributed by atoms with van der Waals surface area (Å²) in [7, 11) is 0. The van der Waals surface area contributed by atoms with Gasteiger partial charge in [-0.3, -0.25) is 0 Å². The molecule has 0 heterocycles. The Morgan fingerprint density at radius 2 is 2.13 bits per heavy atom. The van der Waals surface area contributed by atoms with Crippen LogP contribution in [0.25, 0.3) is 0 Å². The third-order valence-corrected chi connectivity index (χ3v) is 3.57. The second-order valence-electron chi connectivity index (χ2n) is 5.14. The Morgan fingerprint density at radius 1 is 1.40 bits per heavy atom. The molecule has 1 aliphatic rings. The van der Waals surface area contributed by atoms with Gasteiger partial charge in [0, 0.05) is 17.1 Å². The van der Waals surface area contributed by atoms with Crippen molar-refractivity contribution in [2.75, 3.05) is 5.32 Å². The molecule has 2 atom stereocenters. The van der Waals surface area contributed by atoms with Crippen LogP contribution in [0.2, 0.25) is 0 Å². The number of aliphatic hydroxyl groups excluding tert-OH is 1. The predicted molar refractivity (Wildman–Crippen MR) is 63.0 cm³/mol. The molecule has 2 heteroatoms. The van der Waals surface area contributed by atoms with Crippen molar-refractivity contribution in [2.45, 2.75) is 39.3 Å². The van der Waals surface area contributed by atoms with Gasteiger partial charge in [0.2, 0.25) is 0 Å². The summed E-state index contributed by atoms with van der Waals surface area (Å²) >= 11 is 0. The van der Waals surface area contributed by atoms with Crippen molar-refractivity contribution in [3.05, 3.63) is 29.8 Å². The first-order valence-corrected chi connectivity index (χ1v) is 5.51. The number of hydrogen-bond donors (Lipinski definition) is 2. The number of hydrogen-bond acceptors (Lipinski definition) is 2. The maximum Gasteiger partial charge on any atom is 0.0630 e. The Morgan fingerprint density at radius 3 is 2.67 bits per heavy atom. The van der Waals surface area contributed by atoms with E-state index >= 15 is 0 Å². The summed E-state index contributed by atoms with van der Waals surface area (Å²) in [5.74, 6) is 0. The number of nitrogens with one attached hydrogen (secondary N) is 1. The van der Waals surface area contributed by atoms with E-state index in [0.717, 1.165) is 12.1 Å². The summed E-state index contributed by atoms with van der Waals surface area (Å²) in [6.07, 6.45) is 0.681. The zero-order valence-electron chi connectivity index (χ0n) is 9.62. The molecule has 1 fully saturated rings. The Labute approximate surface area is 91.3 Å². The van der Waals surface area contributed by atoms with E-state index in [9.17, 15) is 5.11 Å². The van der Waals surface area contributed by atoms with Crippen LogP contribution in [0.1, 0.15) is 25.8 Å². The summed E-state index contributed by atoms with van der Waals surface area (Å²) in [5, 5.41) is 13.1. The van der Waals surface area contributed by atoms with Gasteiger partial charge in [0.1, 0.15) is 0 Å². The lowest BCUT2D eigenvalue weighted by Gasteiger charge is -2.49. The average Bonchev–Trinajstić information content (AvgIpc) is 2.17. The van der Waals surface area contributed by atoms with Crippen LogP contribution >= 0.6 is 0 Å². The number of aryl methyl sites for hydroxylation is 1. The Balaban J connectivity index is 2.05. The minimum absolute atomic E-state index is 0.0102. The zero-order valence-corrected chi connectivity index (χ0v) is 9.62. The summed E-state index contributed by atoms with van der Waals surface area (Å²) in [5.41, 5.74) is 2.40. The van der Waals surface area contributed by atoms with E-state index in [1.807, 2.05) is 0 Å². The quantitative estimate of drug-likeness (QED) is 0.777. The second kappa shape index (κ2) is 3.53. The molecule has 1 saturated carbocycles. The molecule has 1 aromatic carbocycles. The number of benzene rings is 1. The molecule has 15 heavy (non-hydrogen) atoms. The SMILES string of the molecule is Cc1cccc(NC2CC(O)C2(C)C)c1. The Bertz CT molecular complexity index is 359. The molecular weight excluding hydrogens is 186 g/mol. The van der Waals surface area contributed by atoms with E-state index in [0.29, 0.717) is 6.04 Å². The van der Waals surface area contributed by atoms with E-state index < -0.39 is 0 Å². The van der Waals surface area contributed by atoms with Gasteiger partial charge in [-0.15, -0.1) is 0 Å². The molecule has 82 valence electrons. The highest BCUT2D eigenvalue weighted by molar-refractivity contribution is 5.47. The Hall–Kier alpha value is -1.02. The Kier molecular flexibility index (Phi) is 2.47. The van der Waals surface area contributed by atoms with E-state index in [2.05, 4.69) is 50.4 Å². The van der Waals surface area contributed by atoms with Crippen LogP contribution in [0.3, 0.4) is 0 Å². The molecule has 0 radical (unpaired) electrons.